The number of anilines is 1. The minimum atomic E-state index is -0.420. The van der Waals surface area contributed by atoms with E-state index in [1.165, 1.54) is 17.7 Å². The molecule has 2 amide bonds. The molecule has 150 valence electrons. The standard InChI is InChI=1S/C21H23N5O2S/c1-14-3-2-8-25(14)15-4-5-19-18(9-15)17(6-7-23-19)21(28)24-11-20(27)26-13-29-12-16(26)10-22/h4-7,9,14,16H,2-3,8,11-13H2,1H3,(H,24,28). The maximum absolute atomic E-state index is 12.8. The molecule has 0 spiro atoms. The van der Waals surface area contributed by atoms with Crippen molar-refractivity contribution in [3.63, 3.8) is 0 Å². The summed E-state index contributed by atoms with van der Waals surface area (Å²) in [7, 11) is 0. The molecular formula is C21H23N5O2S. The zero-order chi connectivity index (χ0) is 20.4. The van der Waals surface area contributed by atoms with Crippen LogP contribution in [0.25, 0.3) is 10.9 Å². The highest BCUT2D eigenvalue weighted by atomic mass is 32.2. The van der Waals surface area contributed by atoms with Crippen LogP contribution in [0.2, 0.25) is 0 Å². The van der Waals surface area contributed by atoms with Crippen molar-refractivity contribution in [1.82, 2.24) is 15.2 Å². The third kappa shape index (κ3) is 3.87. The molecular weight excluding hydrogens is 386 g/mol. The van der Waals surface area contributed by atoms with E-state index in [1.54, 1.807) is 24.0 Å². The molecule has 8 heteroatoms. The van der Waals surface area contributed by atoms with Gasteiger partial charge in [-0.05, 0) is 44.0 Å². The number of nitrogens with zero attached hydrogens (tertiary/aromatic N) is 4. The van der Waals surface area contributed by atoms with Crippen LogP contribution in [-0.2, 0) is 4.79 Å². The second-order valence-corrected chi connectivity index (χ2v) is 8.44. The summed E-state index contributed by atoms with van der Waals surface area (Å²) in [4.78, 5) is 33.5. The van der Waals surface area contributed by atoms with Gasteiger partial charge in [0.05, 0.1) is 29.6 Å². The lowest BCUT2D eigenvalue weighted by Gasteiger charge is -2.24. The number of rotatable bonds is 4. The number of fused-ring (bicyclic) bond motifs is 1. The lowest BCUT2D eigenvalue weighted by Crippen LogP contribution is -2.42. The van der Waals surface area contributed by atoms with Gasteiger partial charge in [-0.3, -0.25) is 14.6 Å². The first-order valence-corrected chi connectivity index (χ1v) is 10.9. The fraction of sp³-hybridized carbons (Fsp3) is 0.429. The molecule has 2 atom stereocenters. The van der Waals surface area contributed by atoms with E-state index in [-0.39, 0.29) is 18.4 Å². The summed E-state index contributed by atoms with van der Waals surface area (Å²) < 4.78 is 0. The monoisotopic (exact) mass is 409 g/mol. The van der Waals surface area contributed by atoms with Crippen LogP contribution in [0.4, 0.5) is 5.69 Å². The summed E-state index contributed by atoms with van der Waals surface area (Å²) in [5, 5.41) is 12.6. The van der Waals surface area contributed by atoms with Gasteiger partial charge < -0.3 is 15.1 Å². The molecule has 0 saturated carbocycles. The van der Waals surface area contributed by atoms with Crippen LogP contribution in [0, 0.1) is 11.3 Å². The Hall–Kier alpha value is -2.79. The first-order valence-electron chi connectivity index (χ1n) is 9.79. The quantitative estimate of drug-likeness (QED) is 0.834. The third-order valence-corrected chi connectivity index (χ3v) is 6.62. The van der Waals surface area contributed by atoms with Crippen LogP contribution < -0.4 is 10.2 Å². The van der Waals surface area contributed by atoms with E-state index < -0.39 is 6.04 Å². The van der Waals surface area contributed by atoms with Crippen molar-refractivity contribution >= 4 is 40.2 Å². The fourth-order valence-electron chi connectivity index (χ4n) is 3.98. The SMILES string of the molecule is CC1CCCN1c1ccc2nccc(C(=O)NCC(=O)N3CSCC3C#N)c2c1. The number of nitrogens with one attached hydrogen (secondary N) is 1. The van der Waals surface area contributed by atoms with Gasteiger partial charge >= 0.3 is 0 Å². The summed E-state index contributed by atoms with van der Waals surface area (Å²) in [6.07, 6.45) is 3.94. The summed E-state index contributed by atoms with van der Waals surface area (Å²) in [6.45, 7) is 3.10. The maximum Gasteiger partial charge on any atom is 0.252 e. The average Bonchev–Trinajstić information content (AvgIpc) is 3.39. The molecule has 1 N–H and O–H groups in total. The normalized spacial score (nSPS) is 21.4. The Balaban J connectivity index is 1.52. The van der Waals surface area contributed by atoms with Crippen molar-refractivity contribution in [2.75, 3.05) is 29.6 Å². The Labute approximate surface area is 174 Å². The molecule has 7 nitrogen and oxygen atoms in total. The van der Waals surface area contributed by atoms with Crippen molar-refractivity contribution < 1.29 is 9.59 Å². The molecule has 4 rings (SSSR count). The third-order valence-electron chi connectivity index (χ3n) is 5.61. The van der Waals surface area contributed by atoms with Gasteiger partial charge in [0.25, 0.3) is 5.91 Å². The molecule has 0 aliphatic carbocycles. The maximum atomic E-state index is 12.8. The smallest absolute Gasteiger partial charge is 0.252 e. The van der Waals surface area contributed by atoms with E-state index in [1.807, 2.05) is 12.1 Å². The van der Waals surface area contributed by atoms with E-state index in [0.717, 1.165) is 23.1 Å². The number of aromatic nitrogens is 1. The van der Waals surface area contributed by atoms with E-state index in [9.17, 15) is 9.59 Å². The van der Waals surface area contributed by atoms with E-state index in [2.05, 4.69) is 34.3 Å². The van der Waals surface area contributed by atoms with Gasteiger partial charge in [-0.1, -0.05) is 0 Å². The Kier molecular flexibility index (Phi) is 5.58. The Morgan fingerprint density at radius 3 is 3.00 bits per heavy atom. The van der Waals surface area contributed by atoms with Crippen molar-refractivity contribution in [2.24, 2.45) is 0 Å². The van der Waals surface area contributed by atoms with Gasteiger partial charge in [0.2, 0.25) is 5.91 Å². The number of carbonyl (C=O) groups is 2. The zero-order valence-corrected chi connectivity index (χ0v) is 17.1. The van der Waals surface area contributed by atoms with E-state index >= 15 is 0 Å². The summed E-state index contributed by atoms with van der Waals surface area (Å²) >= 11 is 1.55. The molecule has 2 aromatic rings. The average molecular weight is 410 g/mol. The minimum absolute atomic E-state index is 0.121. The van der Waals surface area contributed by atoms with Gasteiger partial charge in [-0.15, -0.1) is 11.8 Å². The first-order chi connectivity index (χ1) is 14.1. The van der Waals surface area contributed by atoms with Gasteiger partial charge in [0, 0.05) is 35.6 Å². The number of hydrogen-bond donors (Lipinski definition) is 1. The topological polar surface area (TPSA) is 89.3 Å². The molecule has 1 aromatic heterocycles. The number of thioether (sulfide) groups is 1. The second kappa shape index (κ2) is 8.29. The van der Waals surface area contributed by atoms with Gasteiger partial charge in [-0.25, -0.2) is 0 Å². The molecule has 0 bridgehead atoms. The number of pyridine rings is 1. The Morgan fingerprint density at radius 1 is 1.38 bits per heavy atom. The predicted octanol–water partition coefficient (Wildman–Crippen LogP) is 2.38. The van der Waals surface area contributed by atoms with Crippen molar-refractivity contribution in [1.29, 1.82) is 5.26 Å². The highest BCUT2D eigenvalue weighted by Gasteiger charge is 2.29. The molecule has 3 heterocycles. The lowest BCUT2D eigenvalue weighted by atomic mass is 10.1. The van der Waals surface area contributed by atoms with Crippen molar-refractivity contribution in [2.45, 2.75) is 31.8 Å². The molecule has 2 aliphatic rings. The van der Waals surface area contributed by atoms with Crippen LogP contribution in [0.1, 0.15) is 30.1 Å². The van der Waals surface area contributed by atoms with Gasteiger partial charge in [-0.2, -0.15) is 5.26 Å². The molecule has 29 heavy (non-hydrogen) atoms. The number of hydrogen-bond acceptors (Lipinski definition) is 6. The second-order valence-electron chi connectivity index (χ2n) is 7.44. The highest BCUT2D eigenvalue weighted by molar-refractivity contribution is 7.99. The van der Waals surface area contributed by atoms with Crippen LogP contribution >= 0.6 is 11.8 Å². The summed E-state index contributed by atoms with van der Waals surface area (Å²) in [5.74, 6) is 0.559. The molecule has 2 saturated heterocycles. The molecule has 0 radical (unpaired) electrons. The molecule has 1 aromatic carbocycles. The first kappa shape index (κ1) is 19.5. The van der Waals surface area contributed by atoms with Crippen molar-refractivity contribution in [3.05, 3.63) is 36.0 Å². The minimum Gasteiger partial charge on any atom is -0.369 e. The summed E-state index contributed by atoms with van der Waals surface area (Å²) in [6, 6.07) is 9.88. The van der Waals surface area contributed by atoms with Gasteiger partial charge in [0.15, 0.2) is 0 Å². The number of carbonyl (C=O) groups excluding carboxylic acids is 2. The van der Waals surface area contributed by atoms with Crippen LogP contribution in [0.5, 0.6) is 0 Å². The Morgan fingerprint density at radius 2 is 2.24 bits per heavy atom. The van der Waals surface area contributed by atoms with Crippen LogP contribution in [0.3, 0.4) is 0 Å². The van der Waals surface area contributed by atoms with Gasteiger partial charge in [0.1, 0.15) is 6.04 Å². The summed E-state index contributed by atoms with van der Waals surface area (Å²) in [5.41, 5.74) is 2.34. The zero-order valence-electron chi connectivity index (χ0n) is 16.3. The fourth-order valence-corrected chi connectivity index (χ4v) is 5.08. The van der Waals surface area contributed by atoms with Crippen LogP contribution in [0.15, 0.2) is 30.5 Å². The number of nitriles is 1. The molecule has 2 fully saturated rings. The van der Waals surface area contributed by atoms with Crippen molar-refractivity contribution in [3.8, 4) is 6.07 Å². The predicted molar refractivity (Wildman–Crippen MR) is 114 cm³/mol. The highest BCUT2D eigenvalue weighted by Crippen LogP contribution is 2.29. The molecule has 2 unspecified atom stereocenters. The van der Waals surface area contributed by atoms with E-state index in [0.29, 0.717) is 23.2 Å². The largest absolute Gasteiger partial charge is 0.369 e. The number of amides is 2. The Bertz CT molecular complexity index is 989. The number of benzene rings is 1. The lowest BCUT2D eigenvalue weighted by molar-refractivity contribution is -0.129. The van der Waals surface area contributed by atoms with E-state index in [4.69, 9.17) is 5.26 Å². The van der Waals surface area contributed by atoms with Crippen LogP contribution in [-0.4, -0.2) is 58.5 Å². The molecule has 2 aliphatic heterocycles.